The molecule has 0 rings (SSSR count). The average molecular weight is 516 g/mol. The molecule has 0 aromatic rings. The minimum Gasteiger partial charge on any atom is -0.481 e. The molecule has 0 saturated heterocycles. The van der Waals surface area contributed by atoms with Crippen molar-refractivity contribution < 1.29 is 39.2 Å². The molecule has 9 heteroatoms. The largest absolute Gasteiger partial charge is 0.481 e. The van der Waals surface area contributed by atoms with Crippen LogP contribution >= 0.6 is 0 Å². The highest BCUT2D eigenvalue weighted by molar-refractivity contribution is 5.88. The lowest BCUT2D eigenvalue weighted by atomic mass is 9.96. The zero-order chi connectivity index (χ0) is 27.1. The normalized spacial score (nSPS) is 12.6. The van der Waals surface area contributed by atoms with Crippen LogP contribution in [0.15, 0.2) is 0 Å². The van der Waals surface area contributed by atoms with E-state index < -0.39 is 36.4 Å². The summed E-state index contributed by atoms with van der Waals surface area (Å²) in [7, 11) is 0. The van der Waals surface area contributed by atoms with E-state index in [1.807, 2.05) is 0 Å². The Bertz CT molecular complexity index is 625. The Morgan fingerprint density at radius 1 is 0.694 bits per heavy atom. The van der Waals surface area contributed by atoms with Crippen LogP contribution in [0.5, 0.6) is 0 Å². The van der Waals surface area contributed by atoms with Crippen molar-refractivity contribution in [3.63, 3.8) is 0 Å². The topological polar surface area (TPSA) is 150 Å². The van der Waals surface area contributed by atoms with Crippen molar-refractivity contribution in [3.05, 3.63) is 0 Å². The van der Waals surface area contributed by atoms with E-state index in [9.17, 15) is 24.3 Å². The van der Waals surface area contributed by atoms with Gasteiger partial charge in [-0.05, 0) is 12.8 Å². The maximum Gasteiger partial charge on any atom is 0.336 e. The van der Waals surface area contributed by atoms with Gasteiger partial charge in [-0.25, -0.2) is 4.79 Å². The summed E-state index contributed by atoms with van der Waals surface area (Å²) >= 11 is 0. The first-order chi connectivity index (χ1) is 17.2. The highest BCUT2D eigenvalue weighted by Gasteiger charge is 2.41. The van der Waals surface area contributed by atoms with E-state index in [0.29, 0.717) is 19.4 Å². The highest BCUT2D eigenvalue weighted by atomic mass is 16.5. The molecule has 0 aliphatic heterocycles. The van der Waals surface area contributed by atoms with Crippen molar-refractivity contribution in [1.82, 2.24) is 5.32 Å². The SMILES string of the molecule is CCCCCCCCCCCCCCCCCC(=O)NCCCOC(=O)CC(O)(CC(=O)O)C(=O)O. The van der Waals surface area contributed by atoms with Crippen molar-refractivity contribution >= 4 is 23.8 Å². The number of hydrogen-bond acceptors (Lipinski definition) is 6. The van der Waals surface area contributed by atoms with Crippen LogP contribution in [-0.4, -0.2) is 57.9 Å². The maximum atomic E-state index is 11.9. The Morgan fingerprint density at radius 2 is 1.17 bits per heavy atom. The molecule has 4 N–H and O–H groups in total. The zero-order valence-corrected chi connectivity index (χ0v) is 22.2. The summed E-state index contributed by atoms with van der Waals surface area (Å²) in [6, 6.07) is 0. The third kappa shape index (κ3) is 20.1. The molecule has 1 amide bonds. The molecule has 0 aliphatic carbocycles. The van der Waals surface area contributed by atoms with Gasteiger partial charge in [-0.15, -0.1) is 0 Å². The van der Waals surface area contributed by atoms with Gasteiger partial charge in [0.1, 0.15) is 0 Å². The fourth-order valence-electron chi connectivity index (χ4n) is 3.98. The summed E-state index contributed by atoms with van der Waals surface area (Å²) in [4.78, 5) is 45.2. The third-order valence-electron chi connectivity index (χ3n) is 6.19. The van der Waals surface area contributed by atoms with Gasteiger partial charge < -0.3 is 25.4 Å². The number of carboxylic acids is 2. The van der Waals surface area contributed by atoms with Crippen LogP contribution in [0.2, 0.25) is 0 Å². The number of unbranched alkanes of at least 4 members (excludes halogenated alkanes) is 14. The van der Waals surface area contributed by atoms with E-state index in [-0.39, 0.29) is 12.5 Å². The van der Waals surface area contributed by atoms with Crippen LogP contribution < -0.4 is 5.32 Å². The summed E-state index contributed by atoms with van der Waals surface area (Å²) in [5.74, 6) is -4.40. The lowest BCUT2D eigenvalue weighted by Gasteiger charge is -2.20. The molecule has 36 heavy (non-hydrogen) atoms. The second-order valence-electron chi connectivity index (χ2n) is 9.71. The summed E-state index contributed by atoms with van der Waals surface area (Å²) in [5.41, 5.74) is -2.70. The van der Waals surface area contributed by atoms with Gasteiger partial charge in [0.05, 0.1) is 19.4 Å². The smallest absolute Gasteiger partial charge is 0.336 e. The number of carbonyl (C=O) groups excluding carboxylic acids is 2. The Labute approximate surface area is 216 Å². The first kappa shape index (κ1) is 33.8. The van der Waals surface area contributed by atoms with Gasteiger partial charge in [0.25, 0.3) is 0 Å². The van der Waals surface area contributed by atoms with E-state index >= 15 is 0 Å². The number of ether oxygens (including phenoxy) is 1. The molecule has 1 unspecified atom stereocenters. The monoisotopic (exact) mass is 515 g/mol. The van der Waals surface area contributed by atoms with Crippen LogP contribution in [-0.2, 0) is 23.9 Å². The molecule has 0 saturated carbocycles. The molecule has 0 aromatic heterocycles. The molecule has 0 fully saturated rings. The number of amides is 1. The molecule has 1 atom stereocenters. The van der Waals surface area contributed by atoms with Gasteiger partial charge >= 0.3 is 17.9 Å². The number of carbonyl (C=O) groups is 4. The summed E-state index contributed by atoms with van der Waals surface area (Å²) < 4.78 is 4.84. The standard InChI is InChI=1S/C27H49NO8/c1-2-3-4-5-6-7-8-9-10-11-12-13-14-15-16-18-23(29)28-19-17-20-36-25(32)22-27(35,26(33)34)21-24(30)31/h35H,2-22H2,1H3,(H,28,29)(H,30,31)(H,33,34). The third-order valence-corrected chi connectivity index (χ3v) is 6.19. The second kappa shape index (κ2) is 22.1. The average Bonchev–Trinajstić information content (AvgIpc) is 2.80. The first-order valence-corrected chi connectivity index (χ1v) is 13.8. The number of aliphatic carboxylic acids is 2. The second-order valence-corrected chi connectivity index (χ2v) is 9.71. The maximum absolute atomic E-state index is 11.9. The predicted molar refractivity (Wildman–Crippen MR) is 138 cm³/mol. The minimum absolute atomic E-state index is 0.0577. The fraction of sp³-hybridized carbons (Fsp3) is 0.852. The molecular formula is C27H49NO8. The lowest BCUT2D eigenvalue weighted by Crippen LogP contribution is -2.43. The van der Waals surface area contributed by atoms with Crippen molar-refractivity contribution in [2.45, 2.75) is 135 Å². The summed E-state index contributed by atoms with van der Waals surface area (Å²) in [6.07, 6.45) is 17.8. The summed E-state index contributed by atoms with van der Waals surface area (Å²) in [5, 5.41) is 30.2. The van der Waals surface area contributed by atoms with Gasteiger partial charge in [0, 0.05) is 13.0 Å². The predicted octanol–water partition coefficient (Wildman–Crippen LogP) is 4.98. The van der Waals surface area contributed by atoms with Gasteiger partial charge in [0.15, 0.2) is 5.60 Å². The molecule has 9 nitrogen and oxygen atoms in total. The van der Waals surface area contributed by atoms with E-state index in [1.54, 1.807) is 0 Å². The van der Waals surface area contributed by atoms with Gasteiger partial charge in [0.2, 0.25) is 5.91 Å². The molecule has 0 bridgehead atoms. The Hall–Kier alpha value is -2.16. The van der Waals surface area contributed by atoms with Gasteiger partial charge in [-0.1, -0.05) is 96.8 Å². The van der Waals surface area contributed by atoms with E-state index in [2.05, 4.69) is 12.2 Å². The van der Waals surface area contributed by atoms with Crippen LogP contribution in [0.1, 0.15) is 129 Å². The van der Waals surface area contributed by atoms with Crippen LogP contribution in [0.4, 0.5) is 0 Å². The molecule has 210 valence electrons. The fourth-order valence-corrected chi connectivity index (χ4v) is 3.98. The Kier molecular flexibility index (Phi) is 20.7. The van der Waals surface area contributed by atoms with Crippen LogP contribution in [0.3, 0.4) is 0 Å². The lowest BCUT2D eigenvalue weighted by molar-refractivity contribution is -0.172. The molecular weight excluding hydrogens is 466 g/mol. The first-order valence-electron chi connectivity index (χ1n) is 13.8. The Morgan fingerprint density at radius 3 is 1.61 bits per heavy atom. The number of aliphatic hydroxyl groups is 1. The highest BCUT2D eigenvalue weighted by Crippen LogP contribution is 2.17. The van der Waals surface area contributed by atoms with Crippen molar-refractivity contribution in [3.8, 4) is 0 Å². The van der Waals surface area contributed by atoms with E-state index in [4.69, 9.17) is 14.9 Å². The van der Waals surface area contributed by atoms with Crippen molar-refractivity contribution in [2.24, 2.45) is 0 Å². The zero-order valence-electron chi connectivity index (χ0n) is 22.2. The number of carboxylic acid groups (broad SMARTS) is 2. The van der Waals surface area contributed by atoms with E-state index in [1.165, 1.54) is 77.0 Å². The molecule has 0 heterocycles. The number of hydrogen-bond donors (Lipinski definition) is 4. The number of rotatable bonds is 25. The van der Waals surface area contributed by atoms with Crippen LogP contribution in [0.25, 0.3) is 0 Å². The minimum atomic E-state index is -2.70. The molecule has 0 spiro atoms. The van der Waals surface area contributed by atoms with Crippen LogP contribution in [0, 0.1) is 0 Å². The number of nitrogens with one attached hydrogen (secondary N) is 1. The molecule has 0 aliphatic rings. The van der Waals surface area contributed by atoms with Crippen molar-refractivity contribution in [2.75, 3.05) is 13.2 Å². The molecule has 0 aromatic carbocycles. The van der Waals surface area contributed by atoms with E-state index in [0.717, 1.165) is 19.3 Å². The van der Waals surface area contributed by atoms with Gasteiger partial charge in [-0.2, -0.15) is 0 Å². The Balaban J connectivity index is 3.55. The molecule has 0 radical (unpaired) electrons. The van der Waals surface area contributed by atoms with Crippen molar-refractivity contribution in [1.29, 1.82) is 0 Å². The number of esters is 1. The summed E-state index contributed by atoms with van der Waals surface area (Å²) in [6.45, 7) is 2.49. The quantitative estimate of drug-likeness (QED) is 0.0982. The van der Waals surface area contributed by atoms with Gasteiger partial charge in [-0.3, -0.25) is 14.4 Å².